The van der Waals surface area contributed by atoms with Gasteiger partial charge in [0.15, 0.2) is 0 Å². The topological polar surface area (TPSA) is 55.1 Å². The fraction of sp³-hybridized carbons (Fsp3) is 0.588. The lowest BCUT2D eigenvalue weighted by atomic mass is 9.84. The lowest BCUT2D eigenvalue weighted by molar-refractivity contribution is 0.0899. The molecule has 0 aliphatic rings. The molecule has 3 nitrogen and oxygen atoms in total. The Balaban J connectivity index is 2.78. The van der Waals surface area contributed by atoms with Gasteiger partial charge in [0.1, 0.15) is 0 Å². The van der Waals surface area contributed by atoms with Crippen molar-refractivity contribution < 1.29 is 4.79 Å². The summed E-state index contributed by atoms with van der Waals surface area (Å²) in [6, 6.07) is 7.92. The molecule has 1 amide bonds. The number of carbonyl (C=O) groups is 1. The summed E-state index contributed by atoms with van der Waals surface area (Å²) >= 11 is 0. The molecule has 0 fully saturated rings. The van der Waals surface area contributed by atoms with Crippen LogP contribution in [0.1, 0.15) is 62.9 Å². The van der Waals surface area contributed by atoms with Crippen LogP contribution in [0.5, 0.6) is 0 Å². The van der Waals surface area contributed by atoms with Gasteiger partial charge in [0, 0.05) is 11.6 Å². The van der Waals surface area contributed by atoms with Crippen molar-refractivity contribution in [3.8, 4) is 0 Å². The maximum absolute atomic E-state index is 12.3. The summed E-state index contributed by atoms with van der Waals surface area (Å²) in [6.45, 7) is 11.2. The molecule has 0 spiro atoms. The van der Waals surface area contributed by atoms with E-state index in [4.69, 9.17) is 5.73 Å². The molecule has 0 aromatic heterocycles. The Hall–Kier alpha value is -1.35. The zero-order chi connectivity index (χ0) is 15.3. The van der Waals surface area contributed by atoms with Crippen molar-refractivity contribution in [2.24, 2.45) is 11.1 Å². The van der Waals surface area contributed by atoms with Gasteiger partial charge in [-0.1, -0.05) is 46.8 Å². The molecule has 0 bridgehead atoms. The van der Waals surface area contributed by atoms with E-state index in [-0.39, 0.29) is 17.4 Å². The van der Waals surface area contributed by atoms with Gasteiger partial charge >= 0.3 is 0 Å². The number of nitrogens with two attached hydrogens (primary N) is 1. The molecule has 3 heteroatoms. The smallest absolute Gasteiger partial charge is 0.251 e. The summed E-state index contributed by atoms with van der Waals surface area (Å²) < 4.78 is 0. The van der Waals surface area contributed by atoms with Gasteiger partial charge in [0.25, 0.3) is 5.91 Å². The van der Waals surface area contributed by atoms with E-state index in [0.717, 1.165) is 6.42 Å². The number of nitrogens with one attached hydrogen (secondary N) is 1. The number of rotatable bonds is 5. The molecule has 0 radical (unpaired) electrons. The molecule has 112 valence electrons. The predicted molar refractivity (Wildman–Crippen MR) is 84.9 cm³/mol. The molecule has 0 heterocycles. The summed E-state index contributed by atoms with van der Waals surface area (Å²) in [7, 11) is 0. The summed E-state index contributed by atoms with van der Waals surface area (Å²) in [5, 5.41) is 3.10. The molecule has 1 aromatic carbocycles. The Bertz CT molecular complexity index is 429. The van der Waals surface area contributed by atoms with Crippen LogP contribution in [-0.4, -0.2) is 18.5 Å². The van der Waals surface area contributed by atoms with Crippen LogP contribution < -0.4 is 11.1 Å². The fourth-order valence-electron chi connectivity index (χ4n) is 2.15. The van der Waals surface area contributed by atoms with Gasteiger partial charge in [0.05, 0.1) is 0 Å². The summed E-state index contributed by atoms with van der Waals surface area (Å²) in [5.74, 6) is 0.459. The van der Waals surface area contributed by atoms with Gasteiger partial charge in [-0.15, -0.1) is 0 Å². The monoisotopic (exact) mass is 276 g/mol. The highest BCUT2D eigenvalue weighted by atomic mass is 16.1. The lowest BCUT2D eigenvalue weighted by Gasteiger charge is -2.31. The van der Waals surface area contributed by atoms with E-state index in [9.17, 15) is 4.79 Å². The van der Waals surface area contributed by atoms with E-state index < -0.39 is 0 Å². The van der Waals surface area contributed by atoms with Crippen LogP contribution in [0.4, 0.5) is 0 Å². The second-order valence-electron chi connectivity index (χ2n) is 6.75. The molecule has 20 heavy (non-hydrogen) atoms. The quantitative estimate of drug-likeness (QED) is 0.867. The molecule has 0 aliphatic heterocycles. The third kappa shape index (κ3) is 4.64. The van der Waals surface area contributed by atoms with Crippen molar-refractivity contribution in [3.63, 3.8) is 0 Å². The molecule has 1 aromatic rings. The van der Waals surface area contributed by atoms with Crippen LogP contribution >= 0.6 is 0 Å². The SMILES string of the molecule is CC(C)c1ccc(C(=O)NC(CCN)C(C)(C)C)cc1. The zero-order valence-corrected chi connectivity index (χ0v) is 13.4. The molecule has 1 unspecified atom stereocenters. The van der Waals surface area contributed by atoms with Gasteiger partial charge in [-0.25, -0.2) is 0 Å². The maximum Gasteiger partial charge on any atom is 0.251 e. The highest BCUT2D eigenvalue weighted by Crippen LogP contribution is 2.22. The third-order valence-electron chi connectivity index (χ3n) is 3.65. The van der Waals surface area contributed by atoms with Crippen LogP contribution in [0, 0.1) is 5.41 Å². The van der Waals surface area contributed by atoms with Crippen molar-refractivity contribution in [2.75, 3.05) is 6.54 Å². The Morgan fingerprint density at radius 1 is 1.20 bits per heavy atom. The Labute approximate surface area is 122 Å². The first-order chi connectivity index (χ1) is 9.25. The molecular formula is C17H28N2O. The highest BCUT2D eigenvalue weighted by molar-refractivity contribution is 5.94. The first-order valence-electron chi connectivity index (χ1n) is 7.36. The van der Waals surface area contributed by atoms with E-state index in [0.29, 0.717) is 18.0 Å². The van der Waals surface area contributed by atoms with Crippen LogP contribution in [0.2, 0.25) is 0 Å². The minimum absolute atomic E-state index is 0.00685. The van der Waals surface area contributed by atoms with Gasteiger partial charge in [-0.3, -0.25) is 4.79 Å². The number of amides is 1. The van der Waals surface area contributed by atoms with E-state index in [2.05, 4.69) is 39.9 Å². The highest BCUT2D eigenvalue weighted by Gasteiger charge is 2.25. The molecule has 0 saturated heterocycles. The van der Waals surface area contributed by atoms with Crippen molar-refractivity contribution in [3.05, 3.63) is 35.4 Å². The summed E-state index contributed by atoms with van der Waals surface area (Å²) in [6.07, 6.45) is 0.791. The van der Waals surface area contributed by atoms with E-state index in [1.54, 1.807) is 0 Å². The second kappa shape index (κ2) is 6.89. The average Bonchev–Trinajstić information content (AvgIpc) is 2.37. The van der Waals surface area contributed by atoms with Crippen molar-refractivity contribution in [1.82, 2.24) is 5.32 Å². The minimum Gasteiger partial charge on any atom is -0.349 e. The Morgan fingerprint density at radius 3 is 2.15 bits per heavy atom. The fourth-order valence-corrected chi connectivity index (χ4v) is 2.15. The maximum atomic E-state index is 12.3. The van der Waals surface area contributed by atoms with Crippen LogP contribution in [0.25, 0.3) is 0 Å². The minimum atomic E-state index is -0.0197. The number of carbonyl (C=O) groups excluding carboxylic acids is 1. The second-order valence-corrected chi connectivity index (χ2v) is 6.75. The number of benzene rings is 1. The van der Waals surface area contributed by atoms with Crippen LogP contribution in [0.3, 0.4) is 0 Å². The van der Waals surface area contributed by atoms with Crippen LogP contribution in [-0.2, 0) is 0 Å². The molecule has 0 saturated carbocycles. The summed E-state index contributed by atoms with van der Waals surface area (Å²) in [5.41, 5.74) is 7.60. The van der Waals surface area contributed by atoms with Gasteiger partial charge in [-0.05, 0) is 42.0 Å². The molecule has 1 atom stereocenters. The first-order valence-corrected chi connectivity index (χ1v) is 7.36. The average molecular weight is 276 g/mol. The van der Waals surface area contributed by atoms with Crippen molar-refractivity contribution in [1.29, 1.82) is 0 Å². The van der Waals surface area contributed by atoms with E-state index in [1.165, 1.54) is 5.56 Å². The van der Waals surface area contributed by atoms with Gasteiger partial charge in [0.2, 0.25) is 0 Å². The third-order valence-corrected chi connectivity index (χ3v) is 3.65. The van der Waals surface area contributed by atoms with E-state index >= 15 is 0 Å². The largest absolute Gasteiger partial charge is 0.349 e. The standard InChI is InChI=1S/C17H28N2O/c1-12(2)13-6-8-14(9-7-13)16(20)19-15(10-11-18)17(3,4)5/h6-9,12,15H,10-11,18H2,1-5H3,(H,19,20). The Morgan fingerprint density at radius 2 is 1.75 bits per heavy atom. The van der Waals surface area contributed by atoms with Crippen LogP contribution in [0.15, 0.2) is 24.3 Å². The molecule has 3 N–H and O–H groups in total. The molecular weight excluding hydrogens is 248 g/mol. The number of hydrogen-bond acceptors (Lipinski definition) is 2. The molecule has 0 aliphatic carbocycles. The molecule has 1 rings (SSSR count). The lowest BCUT2D eigenvalue weighted by Crippen LogP contribution is -2.44. The first kappa shape index (κ1) is 16.7. The van der Waals surface area contributed by atoms with Gasteiger partial charge in [-0.2, -0.15) is 0 Å². The Kier molecular flexibility index (Phi) is 5.75. The summed E-state index contributed by atoms with van der Waals surface area (Å²) in [4.78, 5) is 12.3. The van der Waals surface area contributed by atoms with Gasteiger partial charge < -0.3 is 11.1 Å². The van der Waals surface area contributed by atoms with Crippen molar-refractivity contribution >= 4 is 5.91 Å². The normalized spacial score (nSPS) is 13.3. The van der Waals surface area contributed by atoms with E-state index in [1.807, 2.05) is 24.3 Å². The predicted octanol–water partition coefficient (Wildman–Crippen LogP) is 3.30. The zero-order valence-electron chi connectivity index (χ0n) is 13.4. The van der Waals surface area contributed by atoms with Crippen molar-refractivity contribution in [2.45, 2.75) is 53.0 Å². The number of hydrogen-bond donors (Lipinski definition) is 2.